The number of hydrogen-bond donors (Lipinski definition) is 2. The van der Waals surface area contributed by atoms with Crippen molar-refractivity contribution in [1.82, 2.24) is 5.32 Å². The maximum absolute atomic E-state index is 10.1. The number of rotatable bonds is 1. The molecule has 14 heavy (non-hydrogen) atoms. The summed E-state index contributed by atoms with van der Waals surface area (Å²) in [6, 6.07) is 5.94. The van der Waals surface area contributed by atoms with Crippen molar-refractivity contribution in [2.45, 2.75) is 25.0 Å². The highest BCUT2D eigenvalue weighted by Gasteiger charge is 2.28. The number of halogens is 1. The van der Waals surface area contributed by atoms with Crippen molar-refractivity contribution in [2.75, 3.05) is 7.05 Å². The lowest BCUT2D eigenvalue weighted by Crippen LogP contribution is -2.36. The normalized spacial score (nSPS) is 25.9. The summed E-state index contributed by atoms with van der Waals surface area (Å²) >= 11 is 6.07. The minimum absolute atomic E-state index is 0.127. The number of likely N-dealkylation sites (N-methyl/N-ethyl adjacent to an activating group) is 1. The Kier molecular flexibility index (Phi) is 2.77. The Morgan fingerprint density at radius 2 is 2.29 bits per heavy atom. The number of fused-ring (bicyclic) bond motifs is 1. The van der Waals surface area contributed by atoms with Crippen molar-refractivity contribution in [3.05, 3.63) is 34.3 Å². The first-order valence-electron chi connectivity index (χ1n) is 4.86. The van der Waals surface area contributed by atoms with Crippen LogP contribution in [0.1, 0.15) is 23.7 Å². The van der Waals surface area contributed by atoms with Crippen LogP contribution >= 0.6 is 11.6 Å². The van der Waals surface area contributed by atoms with E-state index in [1.807, 2.05) is 25.2 Å². The van der Waals surface area contributed by atoms with Gasteiger partial charge in [0, 0.05) is 16.6 Å². The van der Waals surface area contributed by atoms with Gasteiger partial charge in [-0.3, -0.25) is 0 Å². The predicted octanol–water partition coefficient (Wildman–Crippen LogP) is 1.91. The van der Waals surface area contributed by atoms with Crippen LogP contribution in [0.15, 0.2) is 18.2 Å². The van der Waals surface area contributed by atoms with Gasteiger partial charge in [0.25, 0.3) is 0 Å². The summed E-state index contributed by atoms with van der Waals surface area (Å²) in [5.74, 6) is 0. The molecule has 0 spiro atoms. The first kappa shape index (κ1) is 9.97. The van der Waals surface area contributed by atoms with Crippen LogP contribution in [0.25, 0.3) is 0 Å². The minimum atomic E-state index is -0.475. The highest BCUT2D eigenvalue weighted by atomic mass is 35.5. The van der Waals surface area contributed by atoms with Gasteiger partial charge >= 0.3 is 0 Å². The number of aliphatic hydroxyl groups is 1. The van der Waals surface area contributed by atoms with E-state index in [1.54, 1.807) is 0 Å². The van der Waals surface area contributed by atoms with E-state index < -0.39 is 6.10 Å². The van der Waals surface area contributed by atoms with Crippen LogP contribution in [0.4, 0.5) is 0 Å². The van der Waals surface area contributed by atoms with Gasteiger partial charge in [0.2, 0.25) is 0 Å². The second-order valence-corrected chi connectivity index (χ2v) is 4.10. The molecule has 0 aromatic heterocycles. The molecular weight excluding hydrogens is 198 g/mol. The number of hydrogen-bond acceptors (Lipinski definition) is 2. The van der Waals surface area contributed by atoms with Crippen LogP contribution in [0.5, 0.6) is 0 Å². The van der Waals surface area contributed by atoms with Gasteiger partial charge in [-0.2, -0.15) is 0 Å². The molecule has 1 aromatic carbocycles. The largest absolute Gasteiger partial charge is 0.387 e. The molecule has 0 aliphatic heterocycles. The van der Waals surface area contributed by atoms with Crippen molar-refractivity contribution < 1.29 is 5.11 Å². The molecule has 2 nitrogen and oxygen atoms in total. The molecule has 3 heteroatoms. The molecule has 0 radical (unpaired) electrons. The monoisotopic (exact) mass is 211 g/mol. The fourth-order valence-electron chi connectivity index (χ4n) is 2.10. The summed E-state index contributed by atoms with van der Waals surface area (Å²) in [4.78, 5) is 0. The van der Waals surface area contributed by atoms with Crippen molar-refractivity contribution >= 4 is 11.6 Å². The third kappa shape index (κ3) is 1.54. The van der Waals surface area contributed by atoms with Gasteiger partial charge in [0.15, 0.2) is 0 Å². The number of nitrogens with one attached hydrogen (secondary N) is 1. The van der Waals surface area contributed by atoms with Gasteiger partial charge in [0.05, 0.1) is 6.10 Å². The number of benzene rings is 1. The summed E-state index contributed by atoms with van der Waals surface area (Å²) in [6.45, 7) is 0. The minimum Gasteiger partial charge on any atom is -0.387 e. The molecule has 2 atom stereocenters. The Morgan fingerprint density at radius 3 is 3.00 bits per heavy atom. The molecule has 2 rings (SSSR count). The summed E-state index contributed by atoms with van der Waals surface area (Å²) in [7, 11) is 1.87. The van der Waals surface area contributed by atoms with Gasteiger partial charge in [-0.1, -0.05) is 23.7 Å². The zero-order valence-corrected chi connectivity index (χ0v) is 8.88. The SMILES string of the molecule is CNC1CCc2cccc(Cl)c2C1O. The van der Waals surface area contributed by atoms with E-state index in [-0.39, 0.29) is 6.04 Å². The average molecular weight is 212 g/mol. The standard InChI is InChI=1S/C11H14ClNO/c1-13-9-6-5-7-3-2-4-8(12)10(7)11(9)14/h2-4,9,11,13-14H,5-6H2,1H3. The quantitative estimate of drug-likeness (QED) is 0.744. The molecule has 0 saturated carbocycles. The van der Waals surface area contributed by atoms with Crippen LogP contribution in [0, 0.1) is 0 Å². The molecule has 2 unspecified atom stereocenters. The fourth-order valence-corrected chi connectivity index (χ4v) is 2.41. The number of aliphatic hydroxyl groups excluding tert-OH is 1. The Bertz CT molecular complexity index is 340. The van der Waals surface area contributed by atoms with E-state index in [9.17, 15) is 5.11 Å². The van der Waals surface area contributed by atoms with Crippen molar-refractivity contribution in [2.24, 2.45) is 0 Å². The molecule has 1 aliphatic carbocycles. The number of aryl methyl sites for hydroxylation is 1. The first-order chi connectivity index (χ1) is 6.74. The maximum Gasteiger partial charge on any atom is 0.0959 e. The van der Waals surface area contributed by atoms with Crippen molar-refractivity contribution in [3.63, 3.8) is 0 Å². The lowest BCUT2D eigenvalue weighted by atomic mass is 9.86. The molecule has 0 saturated heterocycles. The van der Waals surface area contributed by atoms with E-state index in [0.717, 1.165) is 18.4 Å². The third-order valence-corrected chi connectivity index (χ3v) is 3.25. The second kappa shape index (κ2) is 3.89. The molecular formula is C11H14ClNO. The first-order valence-corrected chi connectivity index (χ1v) is 5.24. The fraction of sp³-hybridized carbons (Fsp3) is 0.455. The summed E-state index contributed by atoms with van der Waals surface area (Å²) < 4.78 is 0. The summed E-state index contributed by atoms with van der Waals surface area (Å²) in [5, 5.41) is 13.8. The molecule has 0 bridgehead atoms. The van der Waals surface area contributed by atoms with Crippen LogP contribution < -0.4 is 5.32 Å². The van der Waals surface area contributed by atoms with Crippen molar-refractivity contribution in [3.8, 4) is 0 Å². The Balaban J connectivity index is 2.43. The maximum atomic E-state index is 10.1. The second-order valence-electron chi connectivity index (χ2n) is 3.69. The van der Waals surface area contributed by atoms with Crippen LogP contribution in [-0.4, -0.2) is 18.2 Å². The average Bonchev–Trinajstić information content (AvgIpc) is 2.18. The Morgan fingerprint density at radius 1 is 1.50 bits per heavy atom. The zero-order valence-electron chi connectivity index (χ0n) is 8.13. The van der Waals surface area contributed by atoms with E-state index >= 15 is 0 Å². The highest BCUT2D eigenvalue weighted by molar-refractivity contribution is 6.31. The van der Waals surface area contributed by atoms with Crippen LogP contribution in [0.3, 0.4) is 0 Å². The van der Waals surface area contributed by atoms with E-state index in [0.29, 0.717) is 5.02 Å². The van der Waals surface area contributed by atoms with Crippen LogP contribution in [0.2, 0.25) is 5.02 Å². The zero-order chi connectivity index (χ0) is 10.1. The highest BCUT2D eigenvalue weighted by Crippen LogP contribution is 2.34. The molecule has 0 amide bonds. The Labute approximate surface area is 88.9 Å². The molecule has 1 aromatic rings. The topological polar surface area (TPSA) is 32.3 Å². The molecule has 1 aliphatic rings. The lowest BCUT2D eigenvalue weighted by molar-refractivity contribution is 0.119. The van der Waals surface area contributed by atoms with E-state index in [1.165, 1.54) is 5.56 Å². The van der Waals surface area contributed by atoms with E-state index in [2.05, 4.69) is 5.32 Å². The Hall–Kier alpha value is -0.570. The molecule has 0 heterocycles. The summed E-state index contributed by atoms with van der Waals surface area (Å²) in [6.07, 6.45) is 1.47. The smallest absolute Gasteiger partial charge is 0.0959 e. The van der Waals surface area contributed by atoms with Gasteiger partial charge in [-0.05, 0) is 31.5 Å². The van der Waals surface area contributed by atoms with Gasteiger partial charge in [0.1, 0.15) is 0 Å². The molecule has 76 valence electrons. The molecule has 0 fully saturated rings. The van der Waals surface area contributed by atoms with E-state index in [4.69, 9.17) is 11.6 Å². The third-order valence-electron chi connectivity index (χ3n) is 2.92. The van der Waals surface area contributed by atoms with Crippen molar-refractivity contribution in [1.29, 1.82) is 0 Å². The van der Waals surface area contributed by atoms with Gasteiger partial charge in [-0.25, -0.2) is 0 Å². The van der Waals surface area contributed by atoms with Crippen LogP contribution in [-0.2, 0) is 6.42 Å². The summed E-state index contributed by atoms with van der Waals surface area (Å²) in [5.41, 5.74) is 2.08. The molecule has 2 N–H and O–H groups in total. The lowest BCUT2D eigenvalue weighted by Gasteiger charge is -2.30. The predicted molar refractivity (Wildman–Crippen MR) is 57.6 cm³/mol. The van der Waals surface area contributed by atoms with Gasteiger partial charge in [-0.15, -0.1) is 0 Å². The van der Waals surface area contributed by atoms with Gasteiger partial charge < -0.3 is 10.4 Å².